The van der Waals surface area contributed by atoms with E-state index in [0.717, 1.165) is 0 Å². The molecule has 0 radical (unpaired) electrons. The Balaban J connectivity index is 2.57. The van der Waals surface area contributed by atoms with Gasteiger partial charge in [-0.1, -0.05) is 0 Å². The molecule has 21 heavy (non-hydrogen) atoms. The Morgan fingerprint density at radius 2 is 1.90 bits per heavy atom. The van der Waals surface area contributed by atoms with Crippen LogP contribution >= 0.6 is 0 Å². The number of carbonyl (C=O) groups excluding carboxylic acids is 1. The second kappa shape index (κ2) is 6.22. The quantitative estimate of drug-likeness (QED) is 0.859. The summed E-state index contributed by atoms with van der Waals surface area (Å²) in [5.74, 6) is 0. The molecule has 0 aromatic rings. The molecular weight excluding hydrogens is 292 g/mol. The van der Waals surface area contributed by atoms with Crippen molar-refractivity contribution in [2.24, 2.45) is 5.41 Å². The molecule has 1 saturated carbocycles. The Kier molecular flexibility index (Phi) is 5.26. The van der Waals surface area contributed by atoms with Crippen molar-refractivity contribution in [1.82, 2.24) is 5.32 Å². The van der Waals surface area contributed by atoms with E-state index in [1.165, 1.54) is 6.26 Å². The molecule has 0 atom stereocenters. The predicted octanol–water partition coefficient (Wildman–Crippen LogP) is 2.01. The van der Waals surface area contributed by atoms with Crippen molar-refractivity contribution >= 4 is 15.9 Å². The van der Waals surface area contributed by atoms with Gasteiger partial charge in [0.05, 0.1) is 16.7 Å². The van der Waals surface area contributed by atoms with Crippen LogP contribution in [0.5, 0.6) is 0 Å². The van der Waals surface area contributed by atoms with Gasteiger partial charge >= 0.3 is 6.09 Å². The SMILES string of the molecule is CC(C)(C)OC(=O)NC[C@]1(C#N)CC[C@@H](S(C)(=O)=O)CC1. The third-order valence-corrected chi connectivity index (χ3v) is 5.38. The van der Waals surface area contributed by atoms with Crippen LogP contribution < -0.4 is 5.32 Å². The van der Waals surface area contributed by atoms with Crippen molar-refractivity contribution < 1.29 is 17.9 Å². The van der Waals surface area contributed by atoms with Crippen molar-refractivity contribution in [2.75, 3.05) is 12.8 Å². The van der Waals surface area contributed by atoms with Crippen molar-refractivity contribution in [2.45, 2.75) is 57.3 Å². The topological polar surface area (TPSA) is 96.3 Å². The van der Waals surface area contributed by atoms with Gasteiger partial charge in [-0.2, -0.15) is 5.26 Å². The van der Waals surface area contributed by atoms with Gasteiger partial charge in [0.25, 0.3) is 0 Å². The highest BCUT2D eigenvalue weighted by molar-refractivity contribution is 7.91. The summed E-state index contributed by atoms with van der Waals surface area (Å²) >= 11 is 0. The number of nitriles is 1. The normalized spacial score (nSPS) is 26.7. The van der Waals surface area contributed by atoms with Crippen molar-refractivity contribution in [3.05, 3.63) is 0 Å². The van der Waals surface area contributed by atoms with Crippen molar-refractivity contribution in [3.63, 3.8) is 0 Å². The van der Waals surface area contributed by atoms with E-state index in [1.54, 1.807) is 20.8 Å². The van der Waals surface area contributed by atoms with Gasteiger partial charge < -0.3 is 10.1 Å². The molecule has 6 nitrogen and oxygen atoms in total. The Labute approximate surface area is 126 Å². The first kappa shape index (κ1) is 17.8. The van der Waals surface area contributed by atoms with Crippen LogP contribution in [0.2, 0.25) is 0 Å². The average molecular weight is 316 g/mol. The molecule has 0 aromatic heterocycles. The first-order valence-electron chi connectivity index (χ1n) is 7.04. The molecule has 1 fully saturated rings. The Hall–Kier alpha value is -1.29. The maximum absolute atomic E-state index is 11.6. The van der Waals surface area contributed by atoms with E-state index >= 15 is 0 Å². The zero-order chi connectivity index (χ0) is 16.3. The highest BCUT2D eigenvalue weighted by atomic mass is 32.2. The molecule has 1 aliphatic rings. The molecule has 0 aromatic carbocycles. The van der Waals surface area contributed by atoms with Crippen LogP contribution in [0, 0.1) is 16.7 Å². The van der Waals surface area contributed by atoms with Crippen LogP contribution in [0.25, 0.3) is 0 Å². The minimum atomic E-state index is -3.06. The largest absolute Gasteiger partial charge is 0.444 e. The van der Waals surface area contributed by atoms with Crippen molar-refractivity contribution in [3.8, 4) is 6.07 Å². The minimum absolute atomic E-state index is 0.189. The summed E-state index contributed by atoms with van der Waals surface area (Å²) in [5, 5.41) is 11.6. The highest BCUT2D eigenvalue weighted by Gasteiger charge is 2.39. The molecule has 1 amide bonds. The average Bonchev–Trinajstić information content (AvgIpc) is 2.34. The predicted molar refractivity (Wildman–Crippen MR) is 79.4 cm³/mol. The molecule has 0 spiro atoms. The molecule has 1 rings (SSSR count). The standard InChI is InChI=1S/C14H24N2O4S/c1-13(2,3)20-12(17)16-10-14(9-15)7-5-11(6-8-14)21(4,18)19/h11H,5-8,10H2,1-4H3,(H,16,17)/t11-,14-. The first-order valence-corrected chi connectivity index (χ1v) is 9.00. The summed E-state index contributed by atoms with van der Waals surface area (Å²) in [6.07, 6.45) is 2.54. The lowest BCUT2D eigenvalue weighted by atomic mass is 9.75. The number of amides is 1. The number of ether oxygens (including phenoxy) is 1. The summed E-state index contributed by atoms with van der Waals surface area (Å²) in [6, 6.07) is 2.24. The van der Waals surface area contributed by atoms with Crippen LogP contribution in [-0.2, 0) is 14.6 Å². The number of nitrogens with one attached hydrogen (secondary N) is 1. The van der Waals surface area contributed by atoms with Gasteiger partial charge in [-0.25, -0.2) is 13.2 Å². The smallest absolute Gasteiger partial charge is 0.407 e. The van der Waals surface area contributed by atoms with Gasteiger partial charge in [0.15, 0.2) is 0 Å². The van der Waals surface area contributed by atoms with Crippen LogP contribution in [0.3, 0.4) is 0 Å². The zero-order valence-electron chi connectivity index (χ0n) is 13.1. The van der Waals surface area contributed by atoms with Crippen LogP contribution in [0.1, 0.15) is 46.5 Å². The van der Waals surface area contributed by atoms with Gasteiger partial charge in [0.1, 0.15) is 15.4 Å². The van der Waals surface area contributed by atoms with E-state index in [4.69, 9.17) is 4.74 Å². The van der Waals surface area contributed by atoms with E-state index in [0.29, 0.717) is 25.7 Å². The summed E-state index contributed by atoms with van der Waals surface area (Å²) in [4.78, 5) is 11.6. The molecule has 1 aliphatic carbocycles. The summed E-state index contributed by atoms with van der Waals surface area (Å²) in [5.41, 5.74) is -1.28. The van der Waals surface area contributed by atoms with E-state index in [9.17, 15) is 18.5 Å². The van der Waals surface area contributed by atoms with Gasteiger partial charge in [0, 0.05) is 12.8 Å². The number of hydrogen-bond acceptors (Lipinski definition) is 5. The molecule has 0 heterocycles. The highest BCUT2D eigenvalue weighted by Crippen LogP contribution is 2.37. The Bertz CT molecular complexity index is 520. The number of alkyl carbamates (subject to hydrolysis) is 1. The van der Waals surface area contributed by atoms with E-state index in [-0.39, 0.29) is 11.8 Å². The van der Waals surface area contributed by atoms with Crippen LogP contribution in [0.4, 0.5) is 4.79 Å². The van der Waals surface area contributed by atoms with Crippen LogP contribution in [0.15, 0.2) is 0 Å². The molecule has 0 unspecified atom stereocenters. The lowest BCUT2D eigenvalue weighted by Crippen LogP contribution is -2.43. The van der Waals surface area contributed by atoms with E-state index < -0.39 is 26.9 Å². The number of hydrogen-bond donors (Lipinski definition) is 1. The van der Waals surface area contributed by atoms with E-state index in [2.05, 4.69) is 11.4 Å². The Morgan fingerprint density at radius 1 is 1.38 bits per heavy atom. The van der Waals surface area contributed by atoms with Crippen LogP contribution in [-0.4, -0.2) is 38.2 Å². The fourth-order valence-electron chi connectivity index (χ4n) is 2.46. The van der Waals surface area contributed by atoms with Crippen molar-refractivity contribution in [1.29, 1.82) is 5.26 Å². The lowest BCUT2D eigenvalue weighted by molar-refractivity contribution is 0.0502. The monoisotopic (exact) mass is 316 g/mol. The molecule has 120 valence electrons. The number of nitrogens with zero attached hydrogens (tertiary/aromatic N) is 1. The number of sulfone groups is 1. The molecular formula is C14H24N2O4S. The lowest BCUT2D eigenvalue weighted by Gasteiger charge is -2.34. The summed E-state index contributed by atoms with van der Waals surface area (Å²) in [7, 11) is -3.06. The second-order valence-electron chi connectivity index (χ2n) is 6.78. The van der Waals surface area contributed by atoms with Gasteiger partial charge in [-0.15, -0.1) is 0 Å². The Morgan fingerprint density at radius 3 is 2.29 bits per heavy atom. The zero-order valence-corrected chi connectivity index (χ0v) is 13.9. The number of rotatable bonds is 3. The van der Waals surface area contributed by atoms with Gasteiger partial charge in [-0.05, 0) is 46.5 Å². The fourth-order valence-corrected chi connectivity index (χ4v) is 3.55. The second-order valence-corrected chi connectivity index (χ2v) is 9.10. The molecule has 0 aliphatic heterocycles. The van der Waals surface area contributed by atoms with E-state index in [1.807, 2.05) is 0 Å². The molecule has 7 heteroatoms. The maximum Gasteiger partial charge on any atom is 0.407 e. The third kappa shape index (κ3) is 5.54. The molecule has 0 saturated heterocycles. The van der Waals surface area contributed by atoms with Gasteiger partial charge in [0.2, 0.25) is 0 Å². The van der Waals surface area contributed by atoms with Gasteiger partial charge in [-0.3, -0.25) is 0 Å². The first-order chi connectivity index (χ1) is 9.47. The number of carbonyl (C=O) groups is 1. The molecule has 1 N–H and O–H groups in total. The minimum Gasteiger partial charge on any atom is -0.444 e. The maximum atomic E-state index is 11.6. The summed E-state index contributed by atoms with van der Waals surface area (Å²) < 4.78 is 28.2. The molecule has 0 bridgehead atoms. The summed E-state index contributed by atoms with van der Waals surface area (Å²) in [6.45, 7) is 5.49. The third-order valence-electron chi connectivity index (χ3n) is 3.70. The fraction of sp³-hybridized carbons (Fsp3) is 0.857.